The van der Waals surface area contributed by atoms with Crippen molar-refractivity contribution in [1.29, 1.82) is 0 Å². The average Bonchev–Trinajstić information content (AvgIpc) is 3.14. The Balaban J connectivity index is 1.73. The third-order valence-corrected chi connectivity index (χ3v) is 4.68. The second kappa shape index (κ2) is 7.39. The summed E-state index contributed by atoms with van der Waals surface area (Å²) >= 11 is 0. The SMILES string of the molecule is CCc1onc(C)c1C1CCCN1Cc1ccc(OC(C)C)cc1. The molecule has 0 bridgehead atoms. The first-order valence-corrected chi connectivity index (χ1v) is 9.03. The Bertz CT molecular complexity index is 661. The third kappa shape index (κ3) is 3.64. The van der Waals surface area contributed by atoms with Crippen molar-refractivity contribution in [3.8, 4) is 5.75 Å². The zero-order chi connectivity index (χ0) is 17.1. The molecule has 2 heterocycles. The van der Waals surface area contributed by atoms with Crippen LogP contribution in [0.2, 0.25) is 0 Å². The van der Waals surface area contributed by atoms with Crippen LogP contribution in [0.4, 0.5) is 0 Å². The van der Waals surface area contributed by atoms with Gasteiger partial charge in [-0.15, -0.1) is 0 Å². The molecule has 3 rings (SSSR count). The molecule has 1 atom stereocenters. The van der Waals surface area contributed by atoms with Crippen molar-refractivity contribution in [2.24, 2.45) is 0 Å². The molecule has 1 aliphatic rings. The topological polar surface area (TPSA) is 38.5 Å². The zero-order valence-electron chi connectivity index (χ0n) is 15.2. The lowest BCUT2D eigenvalue weighted by atomic mass is 10.0. The smallest absolute Gasteiger partial charge is 0.141 e. The van der Waals surface area contributed by atoms with E-state index in [2.05, 4.69) is 62.0 Å². The minimum absolute atomic E-state index is 0.211. The average molecular weight is 328 g/mol. The Morgan fingerprint density at radius 3 is 2.71 bits per heavy atom. The molecule has 0 N–H and O–H groups in total. The van der Waals surface area contributed by atoms with E-state index < -0.39 is 0 Å². The monoisotopic (exact) mass is 328 g/mol. The number of likely N-dealkylation sites (tertiary alicyclic amines) is 1. The van der Waals surface area contributed by atoms with Gasteiger partial charge in [-0.1, -0.05) is 24.2 Å². The first kappa shape index (κ1) is 17.0. The first-order valence-electron chi connectivity index (χ1n) is 9.03. The highest BCUT2D eigenvalue weighted by molar-refractivity contribution is 5.29. The number of benzene rings is 1. The summed E-state index contributed by atoms with van der Waals surface area (Å²) in [4.78, 5) is 2.55. The number of aromatic nitrogens is 1. The molecule has 2 aromatic rings. The highest BCUT2D eigenvalue weighted by Crippen LogP contribution is 2.37. The highest BCUT2D eigenvalue weighted by atomic mass is 16.5. The summed E-state index contributed by atoms with van der Waals surface area (Å²) in [5, 5.41) is 4.19. The van der Waals surface area contributed by atoms with E-state index in [1.165, 1.54) is 24.0 Å². The van der Waals surface area contributed by atoms with Gasteiger partial charge in [-0.3, -0.25) is 4.90 Å². The summed E-state index contributed by atoms with van der Waals surface area (Å²) in [7, 11) is 0. The summed E-state index contributed by atoms with van der Waals surface area (Å²) in [6.45, 7) is 10.4. The molecule has 0 saturated carbocycles. The van der Waals surface area contributed by atoms with E-state index in [4.69, 9.17) is 9.26 Å². The predicted octanol–water partition coefficient (Wildman–Crippen LogP) is 4.67. The van der Waals surface area contributed by atoms with Gasteiger partial charge in [-0.05, 0) is 57.9 Å². The van der Waals surface area contributed by atoms with Crippen LogP contribution in [0, 0.1) is 6.92 Å². The van der Waals surface area contributed by atoms with Crippen molar-refractivity contribution in [3.63, 3.8) is 0 Å². The van der Waals surface area contributed by atoms with Gasteiger partial charge >= 0.3 is 0 Å². The number of rotatable bonds is 6. The van der Waals surface area contributed by atoms with Crippen LogP contribution in [0.1, 0.15) is 62.2 Å². The van der Waals surface area contributed by atoms with Gasteiger partial charge in [-0.25, -0.2) is 0 Å². The maximum Gasteiger partial charge on any atom is 0.141 e. The standard InChI is InChI=1S/C20H28N2O2/c1-5-19-20(15(4)21-24-19)18-7-6-12-22(18)13-16-8-10-17(11-9-16)23-14(2)3/h8-11,14,18H,5-7,12-13H2,1-4H3. The summed E-state index contributed by atoms with van der Waals surface area (Å²) in [6.07, 6.45) is 3.53. The van der Waals surface area contributed by atoms with Gasteiger partial charge in [0.05, 0.1) is 11.8 Å². The summed E-state index contributed by atoms with van der Waals surface area (Å²) in [5.74, 6) is 1.99. The van der Waals surface area contributed by atoms with Crippen LogP contribution in [0.5, 0.6) is 5.75 Å². The molecule has 1 unspecified atom stereocenters. The van der Waals surface area contributed by atoms with Gasteiger partial charge in [0.2, 0.25) is 0 Å². The first-order chi connectivity index (χ1) is 11.6. The van der Waals surface area contributed by atoms with Crippen molar-refractivity contribution in [1.82, 2.24) is 10.1 Å². The molecule has 0 radical (unpaired) electrons. The maximum absolute atomic E-state index is 5.73. The molecular weight excluding hydrogens is 300 g/mol. The van der Waals surface area contributed by atoms with E-state index in [1.807, 2.05) is 0 Å². The van der Waals surface area contributed by atoms with E-state index in [-0.39, 0.29) is 6.10 Å². The van der Waals surface area contributed by atoms with E-state index in [9.17, 15) is 0 Å². The summed E-state index contributed by atoms with van der Waals surface area (Å²) in [6, 6.07) is 8.92. The Morgan fingerprint density at radius 1 is 1.29 bits per heavy atom. The minimum Gasteiger partial charge on any atom is -0.491 e. The second-order valence-electron chi connectivity index (χ2n) is 6.90. The van der Waals surface area contributed by atoms with Gasteiger partial charge in [-0.2, -0.15) is 0 Å². The maximum atomic E-state index is 5.73. The van der Waals surface area contributed by atoms with E-state index >= 15 is 0 Å². The molecule has 24 heavy (non-hydrogen) atoms. The molecule has 1 saturated heterocycles. The summed E-state index contributed by atoms with van der Waals surface area (Å²) in [5.41, 5.74) is 3.68. The van der Waals surface area contributed by atoms with Gasteiger partial charge in [0, 0.05) is 24.6 Å². The fourth-order valence-electron chi connectivity index (χ4n) is 3.63. The number of hydrogen-bond acceptors (Lipinski definition) is 4. The van der Waals surface area contributed by atoms with Crippen LogP contribution in [0.3, 0.4) is 0 Å². The molecule has 0 aliphatic carbocycles. The predicted molar refractivity (Wildman–Crippen MR) is 95.2 cm³/mol. The third-order valence-electron chi connectivity index (χ3n) is 4.68. The van der Waals surface area contributed by atoms with Crippen LogP contribution < -0.4 is 4.74 Å². The Hall–Kier alpha value is -1.81. The number of hydrogen-bond donors (Lipinski definition) is 0. The fraction of sp³-hybridized carbons (Fsp3) is 0.550. The van der Waals surface area contributed by atoms with Crippen molar-refractivity contribution in [3.05, 3.63) is 46.8 Å². The number of aryl methyl sites for hydroxylation is 2. The molecule has 1 fully saturated rings. The van der Waals surface area contributed by atoms with Gasteiger partial charge < -0.3 is 9.26 Å². The van der Waals surface area contributed by atoms with Crippen LogP contribution in [-0.2, 0) is 13.0 Å². The second-order valence-corrected chi connectivity index (χ2v) is 6.90. The molecule has 0 amide bonds. The number of ether oxygens (including phenoxy) is 1. The molecular formula is C20H28N2O2. The summed E-state index contributed by atoms with van der Waals surface area (Å²) < 4.78 is 11.2. The van der Waals surface area contributed by atoms with E-state index in [0.717, 1.165) is 36.7 Å². The van der Waals surface area contributed by atoms with Gasteiger partial charge in [0.1, 0.15) is 11.5 Å². The van der Waals surface area contributed by atoms with Crippen molar-refractivity contribution in [2.75, 3.05) is 6.54 Å². The Kier molecular flexibility index (Phi) is 5.24. The van der Waals surface area contributed by atoms with Crippen molar-refractivity contribution < 1.29 is 9.26 Å². The normalized spacial score (nSPS) is 18.5. The lowest BCUT2D eigenvalue weighted by Crippen LogP contribution is -2.23. The van der Waals surface area contributed by atoms with Crippen molar-refractivity contribution >= 4 is 0 Å². The van der Waals surface area contributed by atoms with Crippen LogP contribution >= 0.6 is 0 Å². The molecule has 1 aromatic carbocycles. The van der Waals surface area contributed by atoms with Crippen LogP contribution in [0.15, 0.2) is 28.8 Å². The molecule has 0 spiro atoms. The lowest BCUT2D eigenvalue weighted by Gasteiger charge is -2.25. The minimum atomic E-state index is 0.211. The van der Waals surface area contributed by atoms with E-state index in [0.29, 0.717) is 6.04 Å². The van der Waals surface area contributed by atoms with Gasteiger partial charge in [0.25, 0.3) is 0 Å². The molecule has 1 aromatic heterocycles. The Morgan fingerprint density at radius 2 is 2.04 bits per heavy atom. The van der Waals surface area contributed by atoms with Crippen molar-refractivity contribution in [2.45, 2.75) is 65.6 Å². The van der Waals surface area contributed by atoms with Crippen LogP contribution in [0.25, 0.3) is 0 Å². The number of nitrogens with zero attached hydrogens (tertiary/aromatic N) is 2. The molecule has 4 heteroatoms. The fourth-order valence-corrected chi connectivity index (χ4v) is 3.63. The largest absolute Gasteiger partial charge is 0.491 e. The lowest BCUT2D eigenvalue weighted by molar-refractivity contribution is 0.239. The molecule has 130 valence electrons. The highest BCUT2D eigenvalue weighted by Gasteiger charge is 2.31. The zero-order valence-corrected chi connectivity index (χ0v) is 15.2. The Labute approximate surface area is 144 Å². The molecule has 1 aliphatic heterocycles. The molecule has 4 nitrogen and oxygen atoms in total. The van der Waals surface area contributed by atoms with E-state index in [1.54, 1.807) is 0 Å². The quantitative estimate of drug-likeness (QED) is 0.772. The van der Waals surface area contributed by atoms with Gasteiger partial charge in [0.15, 0.2) is 0 Å². The van der Waals surface area contributed by atoms with Crippen LogP contribution in [-0.4, -0.2) is 22.7 Å².